The van der Waals surface area contributed by atoms with Crippen LogP contribution in [0.5, 0.6) is 0 Å². The smallest absolute Gasteiger partial charge is 0.232 e. The van der Waals surface area contributed by atoms with E-state index in [1.165, 1.54) is 0 Å². The summed E-state index contributed by atoms with van der Waals surface area (Å²) in [5.74, 6) is 0.615. The molecule has 0 unspecified atom stereocenters. The van der Waals surface area contributed by atoms with Gasteiger partial charge < -0.3 is 4.52 Å². The molecule has 0 fully saturated rings. The van der Waals surface area contributed by atoms with Crippen LogP contribution in [0.3, 0.4) is 0 Å². The first-order chi connectivity index (χ1) is 3.29. The number of halogens is 1. The zero-order chi connectivity index (χ0) is 5.28. The summed E-state index contributed by atoms with van der Waals surface area (Å²) >= 11 is 1.98. The molecule has 0 aliphatic rings. The number of nitrogens with zero attached hydrogens (tertiary/aromatic N) is 2. The Labute approximate surface area is 54.2 Å². The lowest BCUT2D eigenvalue weighted by atomic mass is 10.8. The van der Waals surface area contributed by atoms with Crippen LogP contribution in [-0.4, -0.2) is 10.1 Å². The zero-order valence-electron chi connectivity index (χ0n) is 3.68. The van der Waals surface area contributed by atoms with Gasteiger partial charge in [-0.05, 0) is 0 Å². The monoisotopic (exact) mass is 210 g/mol. The van der Waals surface area contributed by atoms with E-state index >= 15 is 0 Å². The highest BCUT2D eigenvalue weighted by Gasteiger charge is 1.91. The molecular weight excluding hydrogens is 207 g/mol. The van der Waals surface area contributed by atoms with Gasteiger partial charge in [0.05, 0.1) is 0 Å². The summed E-state index contributed by atoms with van der Waals surface area (Å²) in [4.78, 5) is 3.82. The second-order valence-corrected chi connectivity index (χ2v) is 2.05. The van der Waals surface area contributed by atoms with E-state index in [2.05, 4.69) is 14.7 Å². The Balaban J connectivity index is 3.04. The minimum Gasteiger partial charge on any atom is -0.339 e. The Morgan fingerprint density at radius 3 is 2.57 bits per heavy atom. The molecule has 0 aliphatic carbocycles. The fraction of sp³-hybridized carbons (Fsp3) is 0.333. The van der Waals surface area contributed by atoms with E-state index in [1.54, 1.807) is 6.92 Å². The fourth-order valence-electron chi connectivity index (χ4n) is 0.274. The van der Waals surface area contributed by atoms with Crippen molar-refractivity contribution in [2.24, 2.45) is 0 Å². The van der Waals surface area contributed by atoms with Crippen LogP contribution in [-0.2, 0) is 0 Å². The van der Waals surface area contributed by atoms with Crippen LogP contribution in [0.4, 0.5) is 0 Å². The van der Waals surface area contributed by atoms with Gasteiger partial charge >= 0.3 is 0 Å². The lowest BCUT2D eigenvalue weighted by Gasteiger charge is -1.63. The number of rotatable bonds is 0. The summed E-state index contributed by atoms with van der Waals surface area (Å²) in [7, 11) is 0. The Bertz CT molecular complexity index is 145. The summed E-state index contributed by atoms with van der Waals surface area (Å²) in [6.07, 6.45) is 0. The first-order valence-corrected chi connectivity index (χ1v) is 2.83. The maximum Gasteiger partial charge on any atom is 0.232 e. The van der Waals surface area contributed by atoms with E-state index in [1.807, 2.05) is 22.6 Å². The molecule has 0 amide bonds. The lowest BCUT2D eigenvalue weighted by molar-refractivity contribution is 0.389. The molecule has 0 saturated carbocycles. The third-order valence-electron chi connectivity index (χ3n) is 0.503. The quantitative estimate of drug-likeness (QED) is 0.599. The van der Waals surface area contributed by atoms with Crippen LogP contribution in [0.15, 0.2) is 4.52 Å². The van der Waals surface area contributed by atoms with Crippen molar-refractivity contribution in [2.45, 2.75) is 6.92 Å². The summed E-state index contributed by atoms with van der Waals surface area (Å²) in [5.41, 5.74) is 0. The summed E-state index contributed by atoms with van der Waals surface area (Å²) in [5, 5.41) is 3.52. The molecule has 0 radical (unpaired) electrons. The Morgan fingerprint density at radius 2 is 2.43 bits per heavy atom. The van der Waals surface area contributed by atoms with E-state index in [-0.39, 0.29) is 0 Å². The molecule has 1 rings (SSSR count). The van der Waals surface area contributed by atoms with Crippen molar-refractivity contribution in [3.05, 3.63) is 9.72 Å². The highest BCUT2D eigenvalue weighted by molar-refractivity contribution is 14.1. The largest absolute Gasteiger partial charge is 0.339 e. The van der Waals surface area contributed by atoms with Gasteiger partial charge in [-0.1, -0.05) is 5.16 Å². The van der Waals surface area contributed by atoms with Gasteiger partial charge in [0.25, 0.3) is 0 Å². The van der Waals surface area contributed by atoms with Gasteiger partial charge in [-0.25, -0.2) is 0 Å². The van der Waals surface area contributed by atoms with E-state index in [0.717, 1.165) is 0 Å². The molecule has 4 heteroatoms. The van der Waals surface area contributed by atoms with E-state index in [9.17, 15) is 0 Å². The van der Waals surface area contributed by atoms with Crippen molar-refractivity contribution in [3.8, 4) is 0 Å². The summed E-state index contributed by atoms with van der Waals surface area (Å²) in [6.45, 7) is 1.76. The highest BCUT2D eigenvalue weighted by Crippen LogP contribution is 1.96. The standard InChI is InChI=1S/C3H3IN2O/c1-2-5-3(4)6-7-2/h1H3. The minimum atomic E-state index is 0.615. The second kappa shape index (κ2) is 1.77. The molecule has 3 nitrogen and oxygen atoms in total. The van der Waals surface area contributed by atoms with Gasteiger partial charge in [0.1, 0.15) is 0 Å². The summed E-state index contributed by atoms with van der Waals surface area (Å²) < 4.78 is 5.26. The van der Waals surface area contributed by atoms with Crippen LogP contribution >= 0.6 is 22.6 Å². The maximum absolute atomic E-state index is 4.60. The molecule has 1 heterocycles. The van der Waals surface area contributed by atoms with Crippen molar-refractivity contribution >= 4 is 22.6 Å². The fourth-order valence-corrected chi connectivity index (χ4v) is 0.713. The van der Waals surface area contributed by atoms with Crippen LogP contribution < -0.4 is 0 Å². The molecule has 38 valence electrons. The second-order valence-electron chi connectivity index (χ2n) is 1.08. The van der Waals surface area contributed by atoms with Gasteiger partial charge in [0.15, 0.2) is 0 Å². The predicted octanol–water partition coefficient (Wildman–Crippen LogP) is 0.983. The van der Waals surface area contributed by atoms with Crippen LogP contribution in [0.1, 0.15) is 5.89 Å². The van der Waals surface area contributed by atoms with Crippen LogP contribution in [0.2, 0.25) is 0 Å². The third kappa shape index (κ3) is 1.12. The van der Waals surface area contributed by atoms with Crippen molar-refractivity contribution in [2.75, 3.05) is 0 Å². The van der Waals surface area contributed by atoms with Gasteiger partial charge in [0, 0.05) is 29.5 Å². The number of hydrogen-bond acceptors (Lipinski definition) is 3. The van der Waals surface area contributed by atoms with Crippen molar-refractivity contribution < 1.29 is 4.52 Å². The Morgan fingerprint density at radius 1 is 1.71 bits per heavy atom. The molecule has 1 aromatic rings. The normalized spacial score (nSPS) is 9.43. The highest BCUT2D eigenvalue weighted by atomic mass is 127. The number of aromatic nitrogens is 2. The first kappa shape index (κ1) is 5.02. The third-order valence-corrected chi connectivity index (χ3v) is 0.941. The Kier molecular flexibility index (Phi) is 1.27. The average molecular weight is 210 g/mol. The molecule has 0 bridgehead atoms. The SMILES string of the molecule is Cc1nc(I)no1. The van der Waals surface area contributed by atoms with Crippen molar-refractivity contribution in [3.63, 3.8) is 0 Å². The molecule has 0 aromatic carbocycles. The van der Waals surface area contributed by atoms with E-state index in [4.69, 9.17) is 0 Å². The zero-order valence-corrected chi connectivity index (χ0v) is 5.84. The van der Waals surface area contributed by atoms with Crippen LogP contribution in [0, 0.1) is 10.8 Å². The molecular formula is C3H3IN2O. The molecule has 0 spiro atoms. The van der Waals surface area contributed by atoms with Gasteiger partial charge in [0.2, 0.25) is 9.72 Å². The van der Waals surface area contributed by atoms with Crippen LogP contribution in [0.25, 0.3) is 0 Å². The first-order valence-electron chi connectivity index (χ1n) is 1.75. The number of aryl methyl sites for hydroxylation is 1. The molecule has 0 saturated heterocycles. The summed E-state index contributed by atoms with van der Waals surface area (Å²) in [6, 6.07) is 0. The van der Waals surface area contributed by atoms with E-state index < -0.39 is 0 Å². The van der Waals surface area contributed by atoms with Crippen molar-refractivity contribution in [1.82, 2.24) is 10.1 Å². The number of hydrogen-bond donors (Lipinski definition) is 0. The minimum absolute atomic E-state index is 0.615. The molecule has 7 heavy (non-hydrogen) atoms. The maximum atomic E-state index is 4.60. The lowest BCUT2D eigenvalue weighted by Crippen LogP contribution is -1.68. The van der Waals surface area contributed by atoms with Gasteiger partial charge in [-0.15, -0.1) is 0 Å². The molecule has 0 N–H and O–H groups in total. The van der Waals surface area contributed by atoms with Crippen molar-refractivity contribution in [1.29, 1.82) is 0 Å². The molecule has 0 atom stereocenters. The predicted molar refractivity (Wildman–Crippen MR) is 31.8 cm³/mol. The Hall–Kier alpha value is -0.130. The average Bonchev–Trinajstić information content (AvgIpc) is 1.87. The molecule has 0 aliphatic heterocycles. The topological polar surface area (TPSA) is 38.9 Å². The van der Waals surface area contributed by atoms with Gasteiger partial charge in [-0.2, -0.15) is 4.98 Å². The molecule has 1 aromatic heterocycles. The van der Waals surface area contributed by atoms with E-state index in [0.29, 0.717) is 9.72 Å². The van der Waals surface area contributed by atoms with Gasteiger partial charge in [-0.3, -0.25) is 0 Å².